The Bertz CT molecular complexity index is 521. The summed E-state index contributed by atoms with van der Waals surface area (Å²) < 4.78 is 0. The van der Waals surface area contributed by atoms with Crippen LogP contribution in [-0.2, 0) is 4.79 Å². The third-order valence-corrected chi connectivity index (χ3v) is 5.41. The predicted octanol–water partition coefficient (Wildman–Crippen LogP) is 1.96. The molecule has 4 nitrogen and oxygen atoms in total. The zero-order valence-corrected chi connectivity index (χ0v) is 13.5. The highest BCUT2D eigenvalue weighted by molar-refractivity contribution is 8.00. The van der Waals surface area contributed by atoms with Gasteiger partial charge in [0.15, 0.2) is 5.78 Å². The maximum atomic E-state index is 12.5. The molecule has 2 heterocycles. The lowest BCUT2D eigenvalue weighted by Gasteiger charge is -2.27. The van der Waals surface area contributed by atoms with Crippen LogP contribution >= 0.6 is 11.8 Å². The SMILES string of the molecule is O=C(CSCC(=O)N1C2CCNCC1CC2)c1ccccc1. The number of rotatable bonds is 5. The molecule has 2 unspecified atom stereocenters. The number of fused-ring (bicyclic) bond motifs is 2. The molecule has 1 aromatic carbocycles. The van der Waals surface area contributed by atoms with E-state index in [0.717, 1.165) is 37.9 Å². The lowest BCUT2D eigenvalue weighted by atomic mass is 10.1. The van der Waals surface area contributed by atoms with Gasteiger partial charge in [0, 0.05) is 24.2 Å². The van der Waals surface area contributed by atoms with Gasteiger partial charge in [0.25, 0.3) is 0 Å². The Morgan fingerprint density at radius 3 is 2.68 bits per heavy atom. The van der Waals surface area contributed by atoms with Crippen molar-refractivity contribution in [3.8, 4) is 0 Å². The zero-order chi connectivity index (χ0) is 15.4. The third kappa shape index (κ3) is 3.52. The minimum absolute atomic E-state index is 0.0962. The number of amides is 1. The van der Waals surface area contributed by atoms with Crippen LogP contribution in [0.5, 0.6) is 0 Å². The van der Waals surface area contributed by atoms with Crippen LogP contribution in [-0.4, -0.2) is 53.3 Å². The second-order valence-corrected chi connectivity index (χ2v) is 6.95. The molecule has 22 heavy (non-hydrogen) atoms. The van der Waals surface area contributed by atoms with Gasteiger partial charge in [-0.3, -0.25) is 9.59 Å². The highest BCUT2D eigenvalue weighted by atomic mass is 32.2. The van der Waals surface area contributed by atoms with Gasteiger partial charge in [-0.2, -0.15) is 0 Å². The van der Waals surface area contributed by atoms with Gasteiger partial charge >= 0.3 is 0 Å². The largest absolute Gasteiger partial charge is 0.335 e. The van der Waals surface area contributed by atoms with Crippen molar-refractivity contribution in [2.24, 2.45) is 0 Å². The molecule has 2 saturated heterocycles. The molecule has 0 spiro atoms. The van der Waals surface area contributed by atoms with Crippen molar-refractivity contribution in [1.82, 2.24) is 10.2 Å². The number of nitrogens with one attached hydrogen (secondary N) is 1. The molecule has 0 aromatic heterocycles. The van der Waals surface area contributed by atoms with Crippen LogP contribution in [0.2, 0.25) is 0 Å². The minimum Gasteiger partial charge on any atom is -0.335 e. The molecule has 5 heteroatoms. The average molecular weight is 318 g/mol. The van der Waals surface area contributed by atoms with E-state index in [1.54, 1.807) is 0 Å². The molecular weight excluding hydrogens is 296 g/mol. The van der Waals surface area contributed by atoms with Crippen LogP contribution in [0.3, 0.4) is 0 Å². The van der Waals surface area contributed by atoms with Crippen LogP contribution in [0.4, 0.5) is 0 Å². The Morgan fingerprint density at radius 1 is 1.09 bits per heavy atom. The number of nitrogens with zero attached hydrogens (tertiary/aromatic N) is 1. The second kappa shape index (κ2) is 7.29. The number of Topliss-reactive ketones (excluding diaryl/α,β-unsaturated/α-hetero) is 1. The van der Waals surface area contributed by atoms with Crippen molar-refractivity contribution < 1.29 is 9.59 Å². The van der Waals surface area contributed by atoms with Crippen molar-refractivity contribution >= 4 is 23.5 Å². The van der Waals surface area contributed by atoms with Gasteiger partial charge in [0.2, 0.25) is 5.91 Å². The summed E-state index contributed by atoms with van der Waals surface area (Å²) in [5, 5.41) is 3.40. The van der Waals surface area contributed by atoms with Gasteiger partial charge in [-0.25, -0.2) is 0 Å². The molecule has 2 bridgehead atoms. The summed E-state index contributed by atoms with van der Waals surface area (Å²) in [7, 11) is 0. The van der Waals surface area contributed by atoms with E-state index in [9.17, 15) is 9.59 Å². The van der Waals surface area contributed by atoms with Crippen molar-refractivity contribution in [2.45, 2.75) is 31.3 Å². The van der Waals surface area contributed by atoms with Crippen LogP contribution in [0.25, 0.3) is 0 Å². The second-order valence-electron chi connectivity index (χ2n) is 5.96. The van der Waals surface area contributed by atoms with Gasteiger partial charge in [0.05, 0.1) is 11.5 Å². The quantitative estimate of drug-likeness (QED) is 0.843. The van der Waals surface area contributed by atoms with Crippen molar-refractivity contribution in [2.75, 3.05) is 24.6 Å². The van der Waals surface area contributed by atoms with E-state index >= 15 is 0 Å². The monoisotopic (exact) mass is 318 g/mol. The van der Waals surface area contributed by atoms with Crippen molar-refractivity contribution in [3.63, 3.8) is 0 Å². The highest BCUT2D eigenvalue weighted by Crippen LogP contribution is 2.28. The fraction of sp³-hybridized carbons (Fsp3) is 0.529. The fourth-order valence-electron chi connectivity index (χ4n) is 3.40. The summed E-state index contributed by atoms with van der Waals surface area (Å²) in [6.07, 6.45) is 3.29. The van der Waals surface area contributed by atoms with Crippen LogP contribution < -0.4 is 5.32 Å². The summed E-state index contributed by atoms with van der Waals surface area (Å²) in [6.45, 7) is 1.92. The normalized spacial score (nSPS) is 24.1. The van der Waals surface area contributed by atoms with E-state index in [1.165, 1.54) is 11.8 Å². The van der Waals surface area contributed by atoms with Gasteiger partial charge < -0.3 is 10.2 Å². The predicted molar refractivity (Wildman–Crippen MR) is 89.2 cm³/mol. The number of ketones is 1. The van der Waals surface area contributed by atoms with E-state index in [2.05, 4.69) is 10.2 Å². The molecule has 0 saturated carbocycles. The Kier molecular flexibility index (Phi) is 5.16. The Morgan fingerprint density at radius 2 is 1.86 bits per heavy atom. The summed E-state index contributed by atoms with van der Waals surface area (Å²) in [6, 6.07) is 10.0. The number of benzene rings is 1. The minimum atomic E-state index is 0.0962. The number of thioether (sulfide) groups is 1. The average Bonchev–Trinajstić information content (AvgIpc) is 2.81. The first kappa shape index (κ1) is 15.6. The number of carbonyl (C=O) groups is 2. The van der Waals surface area contributed by atoms with E-state index < -0.39 is 0 Å². The van der Waals surface area contributed by atoms with E-state index in [4.69, 9.17) is 0 Å². The molecule has 0 aliphatic carbocycles. The lowest BCUT2D eigenvalue weighted by Crippen LogP contribution is -2.43. The van der Waals surface area contributed by atoms with E-state index in [-0.39, 0.29) is 11.7 Å². The summed E-state index contributed by atoms with van der Waals surface area (Å²) in [5.41, 5.74) is 0.724. The number of hydrogen-bond donors (Lipinski definition) is 1. The molecule has 1 amide bonds. The van der Waals surface area contributed by atoms with Gasteiger partial charge in [-0.05, 0) is 25.8 Å². The molecule has 2 fully saturated rings. The number of carbonyl (C=O) groups excluding carboxylic acids is 2. The maximum absolute atomic E-state index is 12.5. The first-order valence-corrected chi connectivity index (χ1v) is 9.09. The molecule has 0 radical (unpaired) electrons. The topological polar surface area (TPSA) is 49.4 Å². The maximum Gasteiger partial charge on any atom is 0.233 e. The summed E-state index contributed by atoms with van der Waals surface area (Å²) in [5.74, 6) is 1.07. The molecule has 2 atom stereocenters. The first-order valence-electron chi connectivity index (χ1n) is 7.93. The molecular formula is C17H22N2O2S. The van der Waals surface area contributed by atoms with E-state index in [1.807, 2.05) is 30.3 Å². The fourth-order valence-corrected chi connectivity index (χ4v) is 4.18. The van der Waals surface area contributed by atoms with Gasteiger partial charge in [-0.1, -0.05) is 30.3 Å². The van der Waals surface area contributed by atoms with Crippen molar-refractivity contribution in [3.05, 3.63) is 35.9 Å². The lowest BCUT2D eigenvalue weighted by molar-refractivity contribution is -0.130. The van der Waals surface area contributed by atoms with Gasteiger partial charge in [-0.15, -0.1) is 11.8 Å². The zero-order valence-electron chi connectivity index (χ0n) is 12.7. The first-order chi connectivity index (χ1) is 10.8. The van der Waals surface area contributed by atoms with Crippen LogP contribution in [0.1, 0.15) is 29.6 Å². The highest BCUT2D eigenvalue weighted by Gasteiger charge is 2.37. The Labute approximate surface area is 135 Å². The van der Waals surface area contributed by atoms with E-state index in [0.29, 0.717) is 23.6 Å². The molecule has 1 aromatic rings. The Hall–Kier alpha value is -1.33. The molecule has 2 aliphatic rings. The van der Waals surface area contributed by atoms with Crippen LogP contribution in [0, 0.1) is 0 Å². The smallest absolute Gasteiger partial charge is 0.233 e. The Balaban J connectivity index is 1.49. The molecule has 118 valence electrons. The standard InChI is InChI=1S/C17H22N2O2S/c20-16(13-4-2-1-3-5-13)11-22-12-17(21)19-14-6-7-15(19)10-18-9-8-14/h1-5,14-15,18H,6-12H2. The van der Waals surface area contributed by atoms with Crippen LogP contribution in [0.15, 0.2) is 30.3 Å². The van der Waals surface area contributed by atoms with Gasteiger partial charge in [0.1, 0.15) is 0 Å². The molecule has 3 rings (SSSR count). The number of hydrogen-bond acceptors (Lipinski definition) is 4. The third-order valence-electron chi connectivity index (χ3n) is 4.50. The molecule has 1 N–H and O–H groups in total. The van der Waals surface area contributed by atoms with Crippen molar-refractivity contribution in [1.29, 1.82) is 0 Å². The summed E-state index contributed by atoms with van der Waals surface area (Å²) in [4.78, 5) is 26.6. The summed E-state index contributed by atoms with van der Waals surface area (Å²) >= 11 is 1.44. The molecule has 2 aliphatic heterocycles.